The van der Waals surface area contributed by atoms with Crippen molar-refractivity contribution in [2.24, 2.45) is 22.0 Å². The van der Waals surface area contributed by atoms with Crippen LogP contribution in [-0.4, -0.2) is 79.1 Å². The normalized spacial score (nSPS) is 12.0. The summed E-state index contributed by atoms with van der Waals surface area (Å²) >= 11 is 0. The van der Waals surface area contributed by atoms with E-state index in [-0.39, 0.29) is 55.1 Å². The lowest BCUT2D eigenvalue weighted by atomic mass is 10.0. The van der Waals surface area contributed by atoms with E-state index in [0.29, 0.717) is 17.7 Å². The van der Waals surface area contributed by atoms with Gasteiger partial charge in [0.1, 0.15) is 25.2 Å². The Morgan fingerprint density at radius 3 is 2.19 bits per heavy atom. The minimum absolute atomic E-state index is 0.112. The summed E-state index contributed by atoms with van der Waals surface area (Å²) in [6, 6.07) is 9.99. The van der Waals surface area contributed by atoms with Gasteiger partial charge < -0.3 is 36.5 Å². The van der Waals surface area contributed by atoms with Gasteiger partial charge in [-0.15, -0.1) is 0 Å². The van der Waals surface area contributed by atoms with E-state index in [4.69, 9.17) is 15.2 Å². The number of nitrogens with zero attached hydrogens (tertiary/aromatic N) is 3. The van der Waals surface area contributed by atoms with Gasteiger partial charge in [-0.3, -0.25) is 24.7 Å². The molecule has 2 rings (SSSR count). The van der Waals surface area contributed by atoms with Crippen molar-refractivity contribution >= 4 is 47.2 Å². The minimum Gasteiger partial charge on any atom is -0.444 e. The first-order valence-electron chi connectivity index (χ1n) is 16.6. The predicted molar refractivity (Wildman–Crippen MR) is 194 cm³/mol. The fraction of sp³-hybridized carbons (Fsp3) is 0.429. The molecule has 17 heteroatoms. The lowest BCUT2D eigenvalue weighted by Gasteiger charge is -2.27. The Kier molecular flexibility index (Phi) is 17.2. The minimum atomic E-state index is -1.04. The highest BCUT2D eigenvalue weighted by Gasteiger charge is 2.29. The maximum absolute atomic E-state index is 13.4. The molecule has 0 saturated carbocycles. The summed E-state index contributed by atoms with van der Waals surface area (Å²) in [6.45, 7) is 12.2. The largest absolute Gasteiger partial charge is 0.444 e. The van der Waals surface area contributed by atoms with E-state index in [2.05, 4.69) is 43.5 Å². The van der Waals surface area contributed by atoms with E-state index >= 15 is 0 Å². The Labute approximate surface area is 303 Å². The molecule has 0 aliphatic carbocycles. The topological polar surface area (TPSA) is 235 Å². The lowest BCUT2D eigenvalue weighted by molar-refractivity contribution is -0.132. The van der Waals surface area contributed by atoms with Crippen molar-refractivity contribution in [2.45, 2.75) is 72.2 Å². The monoisotopic (exact) mass is 723 g/mol. The SMILES string of the molecule is C=C(C)C(=O)Oc1ccccc1NC(=O)OCc1ccc(NC(=O)[C@H](CCCNC(N)=O)NC(=O)[C@@H](NC(=O)CN(N=NC)C(C)C)C(C)C)cc1. The van der Waals surface area contributed by atoms with Crippen LogP contribution in [0.3, 0.4) is 0 Å². The highest BCUT2D eigenvalue weighted by Crippen LogP contribution is 2.25. The van der Waals surface area contributed by atoms with Crippen molar-refractivity contribution in [1.82, 2.24) is 21.0 Å². The number of amides is 6. The summed E-state index contributed by atoms with van der Waals surface area (Å²) in [5.74, 6) is -2.39. The van der Waals surface area contributed by atoms with Crippen LogP contribution in [0.1, 0.15) is 53.0 Å². The zero-order chi connectivity index (χ0) is 38.8. The van der Waals surface area contributed by atoms with Crippen LogP contribution in [0.25, 0.3) is 0 Å². The van der Waals surface area contributed by atoms with Gasteiger partial charge in [0, 0.05) is 23.8 Å². The molecule has 0 aromatic heterocycles. The number of rotatable bonds is 19. The third kappa shape index (κ3) is 14.9. The molecule has 52 heavy (non-hydrogen) atoms. The van der Waals surface area contributed by atoms with E-state index in [1.807, 2.05) is 13.8 Å². The van der Waals surface area contributed by atoms with Gasteiger partial charge in [-0.25, -0.2) is 14.4 Å². The number of hydrogen-bond donors (Lipinski definition) is 6. The molecule has 2 atom stereocenters. The fourth-order valence-electron chi connectivity index (χ4n) is 4.44. The second kappa shape index (κ2) is 21.3. The van der Waals surface area contributed by atoms with Gasteiger partial charge in [-0.2, -0.15) is 5.11 Å². The third-order valence-corrected chi connectivity index (χ3v) is 7.24. The molecule has 6 amide bonds. The molecule has 2 aromatic rings. The van der Waals surface area contributed by atoms with Crippen LogP contribution in [0.4, 0.5) is 21.0 Å². The number of benzene rings is 2. The van der Waals surface area contributed by atoms with Gasteiger partial charge in [0.25, 0.3) is 0 Å². The van der Waals surface area contributed by atoms with Crippen LogP contribution < -0.4 is 37.1 Å². The highest BCUT2D eigenvalue weighted by molar-refractivity contribution is 5.98. The number of esters is 1. The summed E-state index contributed by atoms with van der Waals surface area (Å²) in [4.78, 5) is 75.2. The Bertz CT molecular complexity index is 1590. The van der Waals surface area contributed by atoms with Crippen molar-refractivity contribution < 1.29 is 38.2 Å². The lowest BCUT2D eigenvalue weighted by Crippen LogP contribution is -2.55. The number of hydrogen-bond acceptors (Lipinski definition) is 10. The zero-order valence-electron chi connectivity index (χ0n) is 30.4. The first kappa shape index (κ1) is 42.2. The Morgan fingerprint density at radius 2 is 1.60 bits per heavy atom. The molecule has 0 fully saturated rings. The smallest absolute Gasteiger partial charge is 0.412 e. The molecule has 7 N–H and O–H groups in total. The quantitative estimate of drug-likeness (QED) is 0.0310. The van der Waals surface area contributed by atoms with E-state index < -0.39 is 47.9 Å². The number of primary amides is 1. The van der Waals surface area contributed by atoms with Crippen molar-refractivity contribution in [2.75, 3.05) is 30.8 Å². The number of carbonyl (C=O) groups is 6. The fourth-order valence-corrected chi connectivity index (χ4v) is 4.44. The molecular formula is C35H49N9O8. The maximum Gasteiger partial charge on any atom is 0.412 e. The van der Waals surface area contributed by atoms with Crippen LogP contribution in [0.2, 0.25) is 0 Å². The Morgan fingerprint density at radius 1 is 0.923 bits per heavy atom. The molecule has 0 spiro atoms. The molecule has 0 heterocycles. The second-order valence-electron chi connectivity index (χ2n) is 12.3. The van der Waals surface area contributed by atoms with E-state index in [0.717, 1.165) is 0 Å². The number of ether oxygens (including phenoxy) is 2. The first-order valence-corrected chi connectivity index (χ1v) is 16.6. The average molecular weight is 724 g/mol. The highest BCUT2D eigenvalue weighted by atomic mass is 16.6. The van der Waals surface area contributed by atoms with Crippen molar-refractivity contribution in [3.8, 4) is 5.75 Å². The first-order chi connectivity index (χ1) is 24.6. The summed E-state index contributed by atoms with van der Waals surface area (Å²) in [5.41, 5.74) is 6.58. The molecular weight excluding hydrogens is 674 g/mol. The number of urea groups is 1. The van der Waals surface area contributed by atoms with Gasteiger partial charge in [0.15, 0.2) is 5.75 Å². The summed E-state index contributed by atoms with van der Waals surface area (Å²) < 4.78 is 10.5. The van der Waals surface area contributed by atoms with E-state index in [1.165, 1.54) is 25.0 Å². The van der Waals surface area contributed by atoms with Crippen LogP contribution in [0.5, 0.6) is 5.75 Å². The second-order valence-corrected chi connectivity index (χ2v) is 12.3. The molecule has 282 valence electrons. The molecule has 0 aliphatic heterocycles. The van der Waals surface area contributed by atoms with Crippen molar-refractivity contribution in [3.63, 3.8) is 0 Å². The van der Waals surface area contributed by atoms with Crippen LogP contribution in [0, 0.1) is 5.92 Å². The van der Waals surface area contributed by atoms with Gasteiger partial charge in [-0.05, 0) is 69.4 Å². The average Bonchev–Trinajstić information content (AvgIpc) is 3.08. The Hall–Kier alpha value is -6.00. The van der Waals surface area contributed by atoms with Crippen molar-refractivity contribution in [1.29, 1.82) is 0 Å². The van der Waals surface area contributed by atoms with Gasteiger partial charge in [-0.1, -0.05) is 49.9 Å². The summed E-state index contributed by atoms with van der Waals surface area (Å²) in [7, 11) is 1.49. The van der Waals surface area contributed by atoms with Crippen LogP contribution in [0.15, 0.2) is 71.0 Å². The molecule has 0 radical (unpaired) electrons. The number of carbonyl (C=O) groups excluding carboxylic acids is 6. The van der Waals surface area contributed by atoms with Crippen molar-refractivity contribution in [3.05, 3.63) is 66.2 Å². The molecule has 17 nitrogen and oxygen atoms in total. The molecule has 0 aliphatic rings. The van der Waals surface area contributed by atoms with Gasteiger partial charge in [0.05, 0.1) is 12.7 Å². The van der Waals surface area contributed by atoms with Gasteiger partial charge in [0.2, 0.25) is 17.7 Å². The number of anilines is 2. The third-order valence-electron chi connectivity index (χ3n) is 7.24. The van der Waals surface area contributed by atoms with Crippen LogP contribution in [-0.2, 0) is 30.5 Å². The zero-order valence-corrected chi connectivity index (χ0v) is 30.4. The standard InChI is InChI=1S/C35H49N9O8/c1-21(2)30(42-29(45)19-44(23(5)6)43-37-7)32(47)40-27(12-10-18-38-34(36)49)31(46)39-25-16-14-24(15-17-25)20-51-35(50)41-26-11-8-9-13-28(26)52-33(48)22(3)4/h8-9,11,13-17,21,23,27,30H,3,10,12,18-20H2,1-2,4-7H3,(H,39,46)(H,40,47)(H,41,50)(H,42,45)(H3,36,38,49)/t27-,30-/m0/s1. The molecule has 2 aromatic carbocycles. The molecule has 0 bridgehead atoms. The summed E-state index contributed by atoms with van der Waals surface area (Å²) in [5, 5.41) is 22.4. The number of nitrogens with one attached hydrogen (secondary N) is 5. The van der Waals surface area contributed by atoms with E-state index in [1.54, 1.807) is 56.3 Å². The summed E-state index contributed by atoms with van der Waals surface area (Å²) in [6.07, 6.45) is -0.337. The number of nitrogens with two attached hydrogens (primary N) is 1. The number of para-hydroxylation sites is 2. The molecule has 0 saturated heterocycles. The van der Waals surface area contributed by atoms with E-state index in [9.17, 15) is 28.8 Å². The van der Waals surface area contributed by atoms with Gasteiger partial charge >= 0.3 is 18.1 Å². The molecule has 0 unspecified atom stereocenters. The predicted octanol–water partition coefficient (Wildman–Crippen LogP) is 3.64. The maximum atomic E-state index is 13.4. The Balaban J connectivity index is 2.06. The van der Waals surface area contributed by atoms with Crippen LogP contribution >= 0.6 is 0 Å².